The van der Waals surface area contributed by atoms with Crippen LogP contribution in [0, 0.1) is 0 Å². The van der Waals surface area contributed by atoms with Crippen molar-refractivity contribution in [2.75, 3.05) is 26.1 Å². The van der Waals surface area contributed by atoms with Crippen LogP contribution >= 0.6 is 0 Å². The number of nitrogens with one attached hydrogen (secondary N) is 1. The van der Waals surface area contributed by atoms with Crippen LogP contribution in [-0.4, -0.2) is 39.9 Å². The number of ether oxygens (including phenoxy) is 3. The van der Waals surface area contributed by atoms with Crippen molar-refractivity contribution in [1.29, 1.82) is 0 Å². The summed E-state index contributed by atoms with van der Waals surface area (Å²) in [7, 11) is 0.507. The molecular formula is C23H27N3O6S. The van der Waals surface area contributed by atoms with E-state index < -0.39 is 10.0 Å². The van der Waals surface area contributed by atoms with Crippen LogP contribution in [0.1, 0.15) is 43.9 Å². The van der Waals surface area contributed by atoms with Gasteiger partial charge in [0.1, 0.15) is 17.2 Å². The van der Waals surface area contributed by atoms with E-state index in [0.717, 1.165) is 25.7 Å². The van der Waals surface area contributed by atoms with Crippen LogP contribution in [0.4, 0.5) is 5.69 Å². The molecule has 3 aromatic rings. The molecule has 0 amide bonds. The van der Waals surface area contributed by atoms with Crippen molar-refractivity contribution in [2.24, 2.45) is 0 Å². The van der Waals surface area contributed by atoms with Crippen LogP contribution in [0.3, 0.4) is 0 Å². The van der Waals surface area contributed by atoms with Crippen LogP contribution in [0.25, 0.3) is 11.4 Å². The summed E-state index contributed by atoms with van der Waals surface area (Å²) < 4.78 is 50.4. The average molecular weight is 474 g/mol. The minimum Gasteiger partial charge on any atom is -0.497 e. The van der Waals surface area contributed by atoms with Crippen molar-refractivity contribution in [3.8, 4) is 28.6 Å². The van der Waals surface area contributed by atoms with Gasteiger partial charge in [0.25, 0.3) is 10.0 Å². The van der Waals surface area contributed by atoms with Crippen molar-refractivity contribution in [2.45, 2.75) is 42.9 Å². The summed E-state index contributed by atoms with van der Waals surface area (Å²) in [6.07, 6.45) is 5.52. The number of benzene rings is 2. The van der Waals surface area contributed by atoms with E-state index in [-0.39, 0.29) is 16.5 Å². The number of sulfonamides is 1. The lowest BCUT2D eigenvalue weighted by Crippen LogP contribution is -2.14. The van der Waals surface area contributed by atoms with Crippen molar-refractivity contribution >= 4 is 15.7 Å². The van der Waals surface area contributed by atoms with Gasteiger partial charge in [0, 0.05) is 12.0 Å². The molecule has 1 saturated carbocycles. The molecule has 0 aliphatic heterocycles. The molecule has 0 bridgehead atoms. The quantitative estimate of drug-likeness (QED) is 0.505. The summed E-state index contributed by atoms with van der Waals surface area (Å²) >= 11 is 0. The monoisotopic (exact) mass is 473 g/mol. The lowest BCUT2D eigenvalue weighted by Gasteiger charge is -2.17. The maximum atomic E-state index is 13.2. The van der Waals surface area contributed by atoms with E-state index in [0.29, 0.717) is 34.5 Å². The third kappa shape index (κ3) is 4.90. The second kappa shape index (κ2) is 9.70. The molecule has 2 aromatic carbocycles. The molecular weight excluding hydrogens is 446 g/mol. The summed E-state index contributed by atoms with van der Waals surface area (Å²) in [4.78, 5) is 4.58. The van der Waals surface area contributed by atoms with Crippen LogP contribution in [0.5, 0.6) is 17.2 Å². The first-order valence-corrected chi connectivity index (χ1v) is 12.2. The second-order valence-corrected chi connectivity index (χ2v) is 9.51. The molecule has 0 saturated heterocycles. The maximum absolute atomic E-state index is 13.2. The van der Waals surface area contributed by atoms with Gasteiger partial charge < -0.3 is 18.7 Å². The Morgan fingerprint density at radius 1 is 0.939 bits per heavy atom. The van der Waals surface area contributed by atoms with Gasteiger partial charge in [0.2, 0.25) is 11.7 Å². The van der Waals surface area contributed by atoms with Crippen LogP contribution < -0.4 is 18.9 Å². The standard InChI is InChI=1S/C23H27N3O6S/c1-29-16-9-11-21(31-3)19(13-16)26-33(27,28)17-10-12-20(30-2)18(14-17)22-24-23(32-25-22)15-7-5-4-6-8-15/h9-15,26H,4-8H2,1-3H3. The molecule has 4 rings (SSSR count). The molecule has 176 valence electrons. The maximum Gasteiger partial charge on any atom is 0.262 e. The fourth-order valence-corrected chi connectivity index (χ4v) is 5.07. The summed E-state index contributed by atoms with van der Waals surface area (Å²) in [5.41, 5.74) is 0.692. The van der Waals surface area contributed by atoms with Crippen LogP contribution in [-0.2, 0) is 10.0 Å². The molecule has 9 nitrogen and oxygen atoms in total. The minimum atomic E-state index is -3.97. The first-order valence-electron chi connectivity index (χ1n) is 10.7. The predicted octanol–water partition coefficient (Wildman–Crippen LogP) is 4.61. The van der Waals surface area contributed by atoms with E-state index in [1.165, 1.54) is 39.9 Å². The molecule has 10 heteroatoms. The van der Waals surface area contributed by atoms with Crippen molar-refractivity contribution in [3.05, 3.63) is 42.3 Å². The zero-order valence-electron chi connectivity index (χ0n) is 18.8. The minimum absolute atomic E-state index is 0.0205. The van der Waals surface area contributed by atoms with Gasteiger partial charge in [0.05, 0.1) is 37.5 Å². The summed E-state index contributed by atoms with van der Waals surface area (Å²) in [5.74, 6) is 2.42. The summed E-state index contributed by atoms with van der Waals surface area (Å²) in [6.45, 7) is 0. The third-order valence-corrected chi connectivity index (χ3v) is 7.13. The SMILES string of the molecule is COc1ccc(OC)c(NS(=O)(=O)c2ccc(OC)c(-c3noc(C4CCCCC4)n3)c2)c1. The van der Waals surface area contributed by atoms with Gasteiger partial charge in [0.15, 0.2) is 0 Å². The molecule has 0 unspecified atom stereocenters. The Hall–Kier alpha value is -3.27. The van der Waals surface area contributed by atoms with E-state index in [4.69, 9.17) is 18.7 Å². The largest absolute Gasteiger partial charge is 0.497 e. The fraction of sp³-hybridized carbons (Fsp3) is 0.391. The number of hydrogen-bond donors (Lipinski definition) is 1. The van der Waals surface area contributed by atoms with Gasteiger partial charge in [-0.1, -0.05) is 24.4 Å². The molecule has 1 aliphatic carbocycles. The molecule has 1 N–H and O–H groups in total. The predicted molar refractivity (Wildman–Crippen MR) is 122 cm³/mol. The summed E-state index contributed by atoms with van der Waals surface area (Å²) in [6, 6.07) is 9.37. The van der Waals surface area contributed by atoms with Crippen molar-refractivity contribution in [1.82, 2.24) is 10.1 Å². The highest BCUT2D eigenvalue weighted by atomic mass is 32.2. The second-order valence-electron chi connectivity index (χ2n) is 7.82. The van der Waals surface area contributed by atoms with Gasteiger partial charge in [-0.15, -0.1) is 0 Å². The molecule has 0 spiro atoms. The van der Waals surface area contributed by atoms with Gasteiger partial charge >= 0.3 is 0 Å². The molecule has 1 fully saturated rings. The Bertz CT molecular complexity index is 1220. The number of rotatable bonds is 8. The van der Waals surface area contributed by atoms with E-state index >= 15 is 0 Å². The van der Waals surface area contributed by atoms with Gasteiger partial charge in [-0.05, 0) is 43.2 Å². The zero-order valence-corrected chi connectivity index (χ0v) is 19.6. The first kappa shape index (κ1) is 22.9. The zero-order chi connectivity index (χ0) is 23.4. The average Bonchev–Trinajstić information content (AvgIpc) is 3.34. The third-order valence-electron chi connectivity index (χ3n) is 5.77. The molecule has 1 aliphatic rings. The Morgan fingerprint density at radius 3 is 2.36 bits per heavy atom. The molecule has 1 heterocycles. The molecule has 1 aromatic heterocycles. The number of hydrogen-bond acceptors (Lipinski definition) is 8. The van der Waals surface area contributed by atoms with Crippen LogP contribution in [0.15, 0.2) is 45.8 Å². The highest BCUT2D eigenvalue weighted by Gasteiger charge is 2.25. The van der Waals surface area contributed by atoms with Crippen LogP contribution in [0.2, 0.25) is 0 Å². The van der Waals surface area contributed by atoms with Gasteiger partial charge in [-0.25, -0.2) is 8.42 Å². The smallest absolute Gasteiger partial charge is 0.262 e. The van der Waals surface area contributed by atoms with Gasteiger partial charge in [-0.3, -0.25) is 4.72 Å². The Morgan fingerprint density at radius 2 is 1.67 bits per heavy atom. The normalized spacial score (nSPS) is 14.6. The lowest BCUT2D eigenvalue weighted by molar-refractivity contribution is 0.314. The first-order chi connectivity index (χ1) is 15.9. The highest BCUT2D eigenvalue weighted by Crippen LogP contribution is 2.36. The van der Waals surface area contributed by atoms with E-state index in [1.807, 2.05) is 0 Å². The summed E-state index contributed by atoms with van der Waals surface area (Å²) in [5, 5.41) is 4.11. The molecule has 0 atom stereocenters. The van der Waals surface area contributed by atoms with E-state index in [2.05, 4.69) is 14.9 Å². The number of nitrogens with zero attached hydrogens (tertiary/aromatic N) is 2. The van der Waals surface area contributed by atoms with E-state index in [9.17, 15) is 8.42 Å². The molecule has 33 heavy (non-hydrogen) atoms. The molecule has 0 radical (unpaired) electrons. The lowest BCUT2D eigenvalue weighted by atomic mass is 9.89. The van der Waals surface area contributed by atoms with Crippen molar-refractivity contribution < 1.29 is 27.2 Å². The topological polar surface area (TPSA) is 113 Å². The number of aromatic nitrogens is 2. The Kier molecular flexibility index (Phi) is 6.73. The van der Waals surface area contributed by atoms with Gasteiger partial charge in [-0.2, -0.15) is 4.98 Å². The Balaban J connectivity index is 1.67. The fourth-order valence-electron chi connectivity index (χ4n) is 3.99. The van der Waals surface area contributed by atoms with E-state index in [1.54, 1.807) is 24.3 Å². The number of methoxy groups -OCH3 is 3. The van der Waals surface area contributed by atoms with Crippen molar-refractivity contribution in [3.63, 3.8) is 0 Å². The Labute approximate surface area is 193 Å². The highest BCUT2D eigenvalue weighted by molar-refractivity contribution is 7.92. The number of anilines is 1.